The number of hydrogen-bond acceptors (Lipinski definition) is 1. The third kappa shape index (κ3) is 5.83. The predicted octanol–water partition coefficient (Wildman–Crippen LogP) is 5.78. The van der Waals surface area contributed by atoms with Gasteiger partial charge in [0.2, 0.25) is 5.91 Å². The summed E-state index contributed by atoms with van der Waals surface area (Å²) in [5.74, 6) is 0.999. The molecule has 1 amide bonds. The van der Waals surface area contributed by atoms with Gasteiger partial charge in [-0.1, -0.05) is 59.8 Å². The summed E-state index contributed by atoms with van der Waals surface area (Å²) in [7, 11) is 0. The van der Waals surface area contributed by atoms with E-state index in [2.05, 4.69) is 69.7 Å². The zero-order valence-electron chi connectivity index (χ0n) is 15.9. The first-order chi connectivity index (χ1) is 13.2. The van der Waals surface area contributed by atoms with Crippen molar-refractivity contribution < 1.29 is 4.79 Å². The summed E-state index contributed by atoms with van der Waals surface area (Å²) in [5, 5.41) is 0. The fourth-order valence-corrected chi connectivity index (χ4v) is 4.19. The number of amides is 1. The van der Waals surface area contributed by atoms with Crippen molar-refractivity contribution in [2.24, 2.45) is 5.92 Å². The first-order valence-corrected chi connectivity index (χ1v) is 10.7. The van der Waals surface area contributed by atoms with Crippen molar-refractivity contribution in [2.75, 3.05) is 6.54 Å². The zero-order valence-corrected chi connectivity index (χ0v) is 17.5. The van der Waals surface area contributed by atoms with Crippen LogP contribution in [0.1, 0.15) is 49.8 Å². The average molecular weight is 429 g/mol. The predicted molar refractivity (Wildman–Crippen MR) is 114 cm³/mol. The first kappa shape index (κ1) is 19.9. The average Bonchev–Trinajstić information content (AvgIpc) is 3.33. The Hall–Kier alpha value is -1.81. The molecule has 27 heavy (non-hydrogen) atoms. The minimum Gasteiger partial charge on any atom is -0.345 e. The molecule has 0 atom stereocenters. The molecule has 0 radical (unpaired) electrons. The summed E-state index contributed by atoms with van der Waals surface area (Å²) in [6, 6.07) is 12.6. The van der Waals surface area contributed by atoms with Gasteiger partial charge in [0.1, 0.15) is 0 Å². The third-order valence-corrected chi connectivity index (χ3v) is 6.01. The van der Waals surface area contributed by atoms with E-state index in [4.69, 9.17) is 0 Å². The molecule has 1 aliphatic carbocycles. The highest BCUT2D eigenvalue weighted by molar-refractivity contribution is 9.10. The number of halogens is 1. The van der Waals surface area contributed by atoms with Gasteiger partial charge in [-0.25, -0.2) is 0 Å². The van der Waals surface area contributed by atoms with Crippen LogP contribution in [-0.2, 0) is 17.9 Å². The lowest BCUT2D eigenvalue weighted by atomic mass is 10.0. The molecule has 1 aromatic heterocycles. The summed E-state index contributed by atoms with van der Waals surface area (Å²) in [6.07, 6.45) is 10.9. The Bertz CT molecular complexity index is 744. The highest BCUT2D eigenvalue weighted by atomic mass is 79.9. The van der Waals surface area contributed by atoms with Crippen LogP contribution >= 0.6 is 15.9 Å². The number of rotatable bonds is 9. The molecule has 1 aromatic carbocycles. The molecule has 0 bridgehead atoms. The van der Waals surface area contributed by atoms with Crippen molar-refractivity contribution in [3.05, 3.63) is 71.0 Å². The summed E-state index contributed by atoms with van der Waals surface area (Å²) in [5.41, 5.74) is 2.41. The lowest BCUT2D eigenvalue weighted by Crippen LogP contribution is -2.31. The van der Waals surface area contributed by atoms with Gasteiger partial charge >= 0.3 is 0 Å². The minimum absolute atomic E-state index is 0.248. The second kappa shape index (κ2) is 9.93. The molecule has 0 aliphatic heterocycles. The van der Waals surface area contributed by atoms with Crippen molar-refractivity contribution in [1.29, 1.82) is 0 Å². The third-order valence-electron chi connectivity index (χ3n) is 5.49. The largest absolute Gasteiger partial charge is 0.345 e. The molecule has 1 fully saturated rings. The molecule has 1 aliphatic rings. The van der Waals surface area contributed by atoms with Gasteiger partial charge in [0, 0.05) is 35.9 Å². The highest BCUT2D eigenvalue weighted by Gasteiger charge is 2.19. The minimum atomic E-state index is 0.248. The fourth-order valence-electron chi connectivity index (χ4n) is 3.92. The van der Waals surface area contributed by atoms with Crippen molar-refractivity contribution in [1.82, 2.24) is 9.47 Å². The van der Waals surface area contributed by atoms with Gasteiger partial charge in [-0.2, -0.15) is 0 Å². The Morgan fingerprint density at radius 3 is 2.67 bits per heavy atom. The van der Waals surface area contributed by atoms with E-state index < -0.39 is 0 Å². The fraction of sp³-hybridized carbons (Fsp3) is 0.435. The molecular weight excluding hydrogens is 400 g/mol. The normalized spacial score (nSPS) is 14.4. The van der Waals surface area contributed by atoms with E-state index in [1.165, 1.54) is 31.2 Å². The Morgan fingerprint density at radius 1 is 1.22 bits per heavy atom. The highest BCUT2D eigenvalue weighted by Crippen LogP contribution is 2.28. The first-order valence-electron chi connectivity index (χ1n) is 9.93. The molecule has 0 N–H and O–H groups in total. The number of nitrogens with zero attached hydrogens (tertiary/aromatic N) is 2. The van der Waals surface area contributed by atoms with E-state index in [9.17, 15) is 4.79 Å². The van der Waals surface area contributed by atoms with Gasteiger partial charge in [0.05, 0.1) is 6.54 Å². The molecule has 2 aromatic rings. The Labute approximate surface area is 171 Å². The van der Waals surface area contributed by atoms with Crippen molar-refractivity contribution in [3.63, 3.8) is 0 Å². The summed E-state index contributed by atoms with van der Waals surface area (Å²) >= 11 is 3.48. The summed E-state index contributed by atoms with van der Waals surface area (Å²) in [6.45, 7) is 5.90. The maximum Gasteiger partial charge on any atom is 0.223 e. The van der Waals surface area contributed by atoms with Crippen LogP contribution in [0.2, 0.25) is 0 Å². The topological polar surface area (TPSA) is 25.2 Å². The van der Waals surface area contributed by atoms with Crippen molar-refractivity contribution in [3.8, 4) is 0 Å². The molecule has 144 valence electrons. The second-order valence-corrected chi connectivity index (χ2v) is 8.42. The summed E-state index contributed by atoms with van der Waals surface area (Å²) < 4.78 is 3.31. The standard InChI is InChI=1S/C23H29BrN2O/c1-2-15-26(23(27)14-11-19-6-3-4-7-19)18-22-8-5-16-25(22)17-20-9-12-21(24)13-10-20/h2,5,8-10,12-13,16,19H,1,3-4,6-7,11,14-15,17-18H2. The number of carbonyl (C=O) groups excluding carboxylic acids is 1. The van der Waals surface area contributed by atoms with Crippen LogP contribution in [0.15, 0.2) is 59.7 Å². The van der Waals surface area contributed by atoms with Crippen LogP contribution in [-0.4, -0.2) is 21.9 Å². The van der Waals surface area contributed by atoms with Gasteiger partial charge < -0.3 is 9.47 Å². The maximum absolute atomic E-state index is 12.8. The van der Waals surface area contributed by atoms with E-state index in [-0.39, 0.29) is 5.91 Å². The lowest BCUT2D eigenvalue weighted by Gasteiger charge is -2.23. The number of benzene rings is 1. The van der Waals surface area contributed by atoms with Crippen LogP contribution in [0.25, 0.3) is 0 Å². The van der Waals surface area contributed by atoms with E-state index in [1.54, 1.807) is 0 Å². The van der Waals surface area contributed by atoms with Gasteiger partial charge in [0.25, 0.3) is 0 Å². The Morgan fingerprint density at radius 2 is 1.96 bits per heavy atom. The van der Waals surface area contributed by atoms with Crippen molar-refractivity contribution >= 4 is 21.8 Å². The molecule has 1 saturated carbocycles. The SMILES string of the molecule is C=CCN(Cc1cccn1Cc1ccc(Br)cc1)C(=O)CCC1CCCC1. The number of aromatic nitrogens is 1. The van der Waals surface area contributed by atoms with Crippen molar-refractivity contribution in [2.45, 2.75) is 51.6 Å². The lowest BCUT2D eigenvalue weighted by molar-refractivity contribution is -0.131. The molecule has 3 nitrogen and oxygen atoms in total. The quantitative estimate of drug-likeness (QED) is 0.464. The molecule has 0 unspecified atom stereocenters. The van der Waals surface area contributed by atoms with Crippen LogP contribution in [0.5, 0.6) is 0 Å². The van der Waals surface area contributed by atoms with Crippen LogP contribution in [0.3, 0.4) is 0 Å². The smallest absolute Gasteiger partial charge is 0.223 e. The van der Waals surface area contributed by atoms with E-state index >= 15 is 0 Å². The van der Waals surface area contributed by atoms with Crippen LogP contribution in [0, 0.1) is 5.92 Å². The van der Waals surface area contributed by atoms with E-state index in [0.29, 0.717) is 19.5 Å². The Balaban J connectivity index is 1.62. The second-order valence-electron chi connectivity index (χ2n) is 7.51. The summed E-state index contributed by atoms with van der Waals surface area (Å²) in [4.78, 5) is 14.7. The molecule has 0 spiro atoms. The Kier molecular flexibility index (Phi) is 7.33. The molecule has 4 heteroatoms. The zero-order chi connectivity index (χ0) is 19.1. The molecule has 0 saturated heterocycles. The number of carbonyl (C=O) groups is 1. The van der Waals surface area contributed by atoms with Gasteiger partial charge in [0.15, 0.2) is 0 Å². The van der Waals surface area contributed by atoms with Crippen LogP contribution in [0.4, 0.5) is 0 Å². The van der Waals surface area contributed by atoms with Gasteiger partial charge in [-0.3, -0.25) is 4.79 Å². The molecular formula is C23H29BrN2O. The molecule has 3 rings (SSSR count). The van der Waals surface area contributed by atoms with Gasteiger partial charge in [-0.05, 0) is 42.2 Å². The maximum atomic E-state index is 12.8. The van der Waals surface area contributed by atoms with Gasteiger partial charge in [-0.15, -0.1) is 6.58 Å². The monoisotopic (exact) mass is 428 g/mol. The number of hydrogen-bond donors (Lipinski definition) is 0. The van der Waals surface area contributed by atoms with Crippen LogP contribution < -0.4 is 0 Å². The van der Waals surface area contributed by atoms with E-state index in [0.717, 1.165) is 29.1 Å². The molecule has 1 heterocycles. The van der Waals surface area contributed by atoms with E-state index in [1.807, 2.05) is 11.0 Å².